The average molecular weight is 265 g/mol. The van der Waals surface area contributed by atoms with E-state index in [0.717, 1.165) is 18.4 Å². The average Bonchev–Trinajstić information content (AvgIpc) is 2.42. The number of rotatable bonds is 7. The fourth-order valence-corrected chi connectivity index (χ4v) is 1.57. The maximum Gasteiger partial charge on any atom is 0.408 e. The van der Waals surface area contributed by atoms with Gasteiger partial charge in [0.1, 0.15) is 12.6 Å². The summed E-state index contributed by atoms with van der Waals surface area (Å²) in [4.78, 5) is 22.4. The van der Waals surface area contributed by atoms with Gasteiger partial charge in [-0.1, -0.05) is 50.1 Å². The minimum absolute atomic E-state index is 0.132. The summed E-state index contributed by atoms with van der Waals surface area (Å²) in [6, 6.07) is 8.34. The highest BCUT2D eigenvalue weighted by molar-refractivity contribution is 5.79. The fraction of sp³-hybridized carbons (Fsp3) is 0.429. The second kappa shape index (κ2) is 8.13. The molecule has 5 heteroatoms. The predicted molar refractivity (Wildman–Crippen MR) is 70.7 cm³/mol. The van der Waals surface area contributed by atoms with Crippen LogP contribution in [0.25, 0.3) is 0 Å². The number of nitrogens with one attached hydrogen (secondary N) is 1. The SMILES string of the molecule is CCCC[C@H](NC(=O)OCc1ccccc1)C(=O)O. The van der Waals surface area contributed by atoms with Crippen molar-refractivity contribution in [3.05, 3.63) is 35.9 Å². The summed E-state index contributed by atoms with van der Waals surface area (Å²) in [7, 11) is 0. The molecule has 0 aliphatic heterocycles. The van der Waals surface area contributed by atoms with Crippen molar-refractivity contribution in [2.24, 2.45) is 0 Å². The van der Waals surface area contributed by atoms with Gasteiger partial charge in [-0.05, 0) is 12.0 Å². The van der Waals surface area contributed by atoms with E-state index in [2.05, 4.69) is 5.32 Å². The lowest BCUT2D eigenvalue weighted by Crippen LogP contribution is -2.40. The molecule has 0 spiro atoms. The van der Waals surface area contributed by atoms with Crippen LogP contribution in [0.4, 0.5) is 4.79 Å². The van der Waals surface area contributed by atoms with Crippen molar-refractivity contribution in [1.29, 1.82) is 0 Å². The van der Waals surface area contributed by atoms with Crippen molar-refractivity contribution in [3.63, 3.8) is 0 Å². The second-order valence-corrected chi connectivity index (χ2v) is 4.24. The summed E-state index contributed by atoms with van der Waals surface area (Å²) in [6.45, 7) is 2.10. The zero-order valence-corrected chi connectivity index (χ0v) is 11.0. The zero-order valence-electron chi connectivity index (χ0n) is 11.0. The Hall–Kier alpha value is -2.04. The molecule has 2 N–H and O–H groups in total. The molecule has 0 aliphatic carbocycles. The number of carboxylic acid groups (broad SMARTS) is 1. The Kier molecular flexibility index (Phi) is 6.43. The van der Waals surface area contributed by atoms with E-state index >= 15 is 0 Å². The number of aliphatic carboxylic acids is 1. The Morgan fingerprint density at radius 2 is 2.00 bits per heavy atom. The number of amides is 1. The molecule has 0 saturated carbocycles. The highest BCUT2D eigenvalue weighted by Gasteiger charge is 2.19. The van der Waals surface area contributed by atoms with Gasteiger partial charge in [-0.2, -0.15) is 0 Å². The van der Waals surface area contributed by atoms with E-state index < -0.39 is 18.1 Å². The van der Waals surface area contributed by atoms with Gasteiger partial charge >= 0.3 is 12.1 Å². The molecule has 1 atom stereocenters. The number of carboxylic acids is 1. The standard InChI is InChI=1S/C14H19NO4/c1-2-3-9-12(13(16)17)15-14(18)19-10-11-7-5-4-6-8-11/h4-8,12H,2-3,9-10H2,1H3,(H,15,18)(H,16,17)/t12-/m0/s1. The van der Waals surface area contributed by atoms with Crippen LogP contribution in [0.1, 0.15) is 31.7 Å². The first kappa shape index (κ1) is 15.0. The van der Waals surface area contributed by atoms with Crippen molar-refractivity contribution in [3.8, 4) is 0 Å². The number of hydrogen-bond donors (Lipinski definition) is 2. The molecule has 0 aromatic heterocycles. The summed E-state index contributed by atoms with van der Waals surface area (Å²) in [5.41, 5.74) is 0.859. The third kappa shape index (κ3) is 5.90. The van der Waals surface area contributed by atoms with Crippen molar-refractivity contribution >= 4 is 12.1 Å². The molecule has 1 aromatic rings. The Balaban J connectivity index is 2.38. The van der Waals surface area contributed by atoms with E-state index in [0.29, 0.717) is 6.42 Å². The molecule has 104 valence electrons. The van der Waals surface area contributed by atoms with Crippen LogP contribution in [0, 0.1) is 0 Å². The summed E-state index contributed by atoms with van der Waals surface area (Å²) in [5.74, 6) is -1.04. The summed E-state index contributed by atoms with van der Waals surface area (Å²) >= 11 is 0. The van der Waals surface area contributed by atoms with Gasteiger partial charge in [-0.25, -0.2) is 9.59 Å². The quantitative estimate of drug-likeness (QED) is 0.794. The fourth-order valence-electron chi connectivity index (χ4n) is 1.57. The molecule has 5 nitrogen and oxygen atoms in total. The molecule has 1 amide bonds. The Bertz CT molecular complexity index is 405. The lowest BCUT2D eigenvalue weighted by Gasteiger charge is -2.14. The summed E-state index contributed by atoms with van der Waals surface area (Å²) in [6.07, 6.45) is 1.33. The second-order valence-electron chi connectivity index (χ2n) is 4.24. The highest BCUT2D eigenvalue weighted by atomic mass is 16.5. The first-order chi connectivity index (χ1) is 9.13. The van der Waals surface area contributed by atoms with Crippen LogP contribution in [0.5, 0.6) is 0 Å². The monoisotopic (exact) mass is 265 g/mol. The number of ether oxygens (including phenoxy) is 1. The first-order valence-corrected chi connectivity index (χ1v) is 6.33. The van der Waals surface area contributed by atoms with Crippen LogP contribution in [-0.4, -0.2) is 23.2 Å². The predicted octanol–water partition coefficient (Wildman–Crippen LogP) is 2.56. The van der Waals surface area contributed by atoms with Gasteiger partial charge in [-0.15, -0.1) is 0 Å². The van der Waals surface area contributed by atoms with Gasteiger partial charge in [0.15, 0.2) is 0 Å². The lowest BCUT2D eigenvalue weighted by molar-refractivity contribution is -0.139. The molecular formula is C14H19NO4. The number of benzene rings is 1. The Labute approximate surface area is 112 Å². The zero-order chi connectivity index (χ0) is 14.1. The van der Waals surface area contributed by atoms with Crippen molar-refractivity contribution in [2.75, 3.05) is 0 Å². The number of alkyl carbamates (subject to hydrolysis) is 1. The van der Waals surface area contributed by atoms with E-state index in [-0.39, 0.29) is 6.61 Å². The van der Waals surface area contributed by atoms with Crippen LogP contribution in [-0.2, 0) is 16.1 Å². The Morgan fingerprint density at radius 3 is 2.58 bits per heavy atom. The van der Waals surface area contributed by atoms with Crippen molar-refractivity contribution in [1.82, 2.24) is 5.32 Å². The molecule has 1 aromatic carbocycles. The molecular weight excluding hydrogens is 246 g/mol. The van der Waals surface area contributed by atoms with E-state index in [1.807, 2.05) is 37.3 Å². The number of hydrogen-bond acceptors (Lipinski definition) is 3. The van der Waals surface area contributed by atoms with E-state index in [1.54, 1.807) is 0 Å². The maximum atomic E-state index is 11.5. The topological polar surface area (TPSA) is 75.6 Å². The smallest absolute Gasteiger partial charge is 0.408 e. The molecule has 0 saturated heterocycles. The minimum atomic E-state index is -1.04. The van der Waals surface area contributed by atoms with E-state index in [1.165, 1.54) is 0 Å². The van der Waals surface area contributed by atoms with Crippen molar-refractivity contribution < 1.29 is 19.4 Å². The van der Waals surface area contributed by atoms with Crippen molar-refractivity contribution in [2.45, 2.75) is 38.8 Å². The molecule has 0 unspecified atom stereocenters. The number of unbranched alkanes of at least 4 members (excludes halogenated alkanes) is 1. The van der Waals surface area contributed by atoms with Crippen LogP contribution >= 0.6 is 0 Å². The van der Waals surface area contributed by atoms with Gasteiger partial charge in [0.2, 0.25) is 0 Å². The first-order valence-electron chi connectivity index (χ1n) is 6.33. The minimum Gasteiger partial charge on any atom is -0.480 e. The van der Waals surface area contributed by atoms with Gasteiger partial charge in [0.25, 0.3) is 0 Å². The van der Waals surface area contributed by atoms with E-state index in [9.17, 15) is 9.59 Å². The van der Waals surface area contributed by atoms with Crippen LogP contribution in [0.15, 0.2) is 30.3 Å². The van der Waals surface area contributed by atoms with Gasteiger partial charge < -0.3 is 15.2 Å². The van der Waals surface area contributed by atoms with Crippen LogP contribution in [0.2, 0.25) is 0 Å². The Morgan fingerprint density at radius 1 is 1.32 bits per heavy atom. The number of carbonyl (C=O) groups is 2. The lowest BCUT2D eigenvalue weighted by atomic mass is 10.1. The molecule has 0 heterocycles. The van der Waals surface area contributed by atoms with Gasteiger partial charge in [0.05, 0.1) is 0 Å². The largest absolute Gasteiger partial charge is 0.480 e. The van der Waals surface area contributed by atoms with Crippen LogP contribution in [0.3, 0.4) is 0 Å². The highest BCUT2D eigenvalue weighted by Crippen LogP contribution is 2.03. The van der Waals surface area contributed by atoms with Gasteiger partial charge in [0, 0.05) is 0 Å². The van der Waals surface area contributed by atoms with E-state index in [4.69, 9.17) is 9.84 Å². The third-order valence-corrected chi connectivity index (χ3v) is 2.65. The van der Waals surface area contributed by atoms with Crippen LogP contribution < -0.4 is 5.32 Å². The molecule has 0 aliphatic rings. The number of carbonyl (C=O) groups excluding carboxylic acids is 1. The maximum absolute atomic E-state index is 11.5. The van der Waals surface area contributed by atoms with Gasteiger partial charge in [-0.3, -0.25) is 0 Å². The molecule has 1 rings (SSSR count). The summed E-state index contributed by atoms with van der Waals surface area (Å²) < 4.78 is 4.98. The molecule has 0 radical (unpaired) electrons. The molecule has 0 fully saturated rings. The molecule has 19 heavy (non-hydrogen) atoms. The molecule has 0 bridgehead atoms. The summed E-state index contributed by atoms with van der Waals surface area (Å²) in [5, 5.41) is 11.3. The third-order valence-electron chi connectivity index (χ3n) is 2.65. The normalized spacial score (nSPS) is 11.6.